The molecule has 10 heavy (non-hydrogen) atoms. The van der Waals surface area contributed by atoms with E-state index in [0.29, 0.717) is 13.2 Å². The number of ether oxygens (including phenoxy) is 2. The van der Waals surface area contributed by atoms with Gasteiger partial charge in [-0.05, 0) is 6.92 Å². The van der Waals surface area contributed by atoms with Gasteiger partial charge in [0.2, 0.25) is 0 Å². The van der Waals surface area contributed by atoms with E-state index in [1.165, 1.54) is 0 Å². The molecule has 0 saturated carbocycles. The van der Waals surface area contributed by atoms with Gasteiger partial charge in [0.25, 0.3) is 0 Å². The fraction of sp³-hybridized carbons (Fsp3) is 1.00. The number of hydrogen-bond acceptors (Lipinski definition) is 4. The van der Waals surface area contributed by atoms with Crippen LogP contribution < -0.4 is 0 Å². The molecule has 1 aliphatic rings. The predicted molar refractivity (Wildman–Crippen MR) is 32.2 cm³/mol. The smallest absolute Gasteiger partial charge is 0.306 e. The second kappa shape index (κ2) is 2.51. The van der Waals surface area contributed by atoms with Crippen LogP contribution in [0.15, 0.2) is 0 Å². The number of rotatable bonds is 3. The summed E-state index contributed by atoms with van der Waals surface area (Å²) < 4.78 is 9.73. The Hall–Kier alpha value is -0.680. The maximum atomic E-state index is 9.83. The van der Waals surface area contributed by atoms with Crippen LogP contribution in [0.3, 0.4) is 0 Å². The van der Waals surface area contributed by atoms with Crippen LogP contribution >= 0.6 is 0 Å². The molecule has 0 atom stereocenters. The van der Waals surface area contributed by atoms with Gasteiger partial charge in [-0.2, -0.15) is 0 Å². The fourth-order valence-electron chi connectivity index (χ4n) is 0.681. The Morgan fingerprint density at radius 1 is 1.80 bits per heavy atom. The highest BCUT2D eigenvalue weighted by Gasteiger charge is 2.35. The van der Waals surface area contributed by atoms with Crippen LogP contribution in [0.25, 0.3) is 0 Å². The number of nitro groups is 1. The summed E-state index contributed by atoms with van der Waals surface area (Å²) in [4.78, 5) is 9.33. The van der Waals surface area contributed by atoms with Gasteiger partial charge in [0.15, 0.2) is 0 Å². The van der Waals surface area contributed by atoms with E-state index in [9.17, 15) is 10.1 Å². The summed E-state index contributed by atoms with van der Waals surface area (Å²) in [6, 6.07) is 0. The summed E-state index contributed by atoms with van der Waals surface area (Å²) in [6.07, 6.45) is 0. The van der Waals surface area contributed by atoms with Crippen molar-refractivity contribution in [2.45, 2.75) is 12.5 Å². The summed E-state index contributed by atoms with van der Waals surface area (Å²) in [5.41, 5.74) is -0.410. The maximum Gasteiger partial charge on any atom is 0.306 e. The van der Waals surface area contributed by atoms with Crippen molar-refractivity contribution in [2.24, 2.45) is 0 Å². The van der Waals surface area contributed by atoms with Gasteiger partial charge in [0.05, 0.1) is 13.2 Å². The molecule has 0 bridgehead atoms. The van der Waals surface area contributed by atoms with Crippen molar-refractivity contribution in [1.82, 2.24) is 0 Å². The molecule has 1 fully saturated rings. The Labute approximate surface area is 58.1 Å². The van der Waals surface area contributed by atoms with Crippen molar-refractivity contribution in [3.63, 3.8) is 0 Å². The molecule has 0 unspecified atom stereocenters. The normalized spacial score (nSPS) is 21.7. The number of nitrogens with zero attached hydrogens (tertiary/aromatic N) is 1. The van der Waals surface area contributed by atoms with E-state index in [0.717, 1.165) is 0 Å². The zero-order valence-electron chi connectivity index (χ0n) is 5.70. The van der Waals surface area contributed by atoms with Gasteiger partial charge >= 0.3 is 6.73 Å². The standard InChI is InChI=1S/C5H9NO4/c1-5(2-9-3-5)10-4-6(7)8/h2-4H2,1H3. The Morgan fingerprint density at radius 2 is 2.40 bits per heavy atom. The molecule has 58 valence electrons. The first-order valence-corrected chi connectivity index (χ1v) is 2.96. The third-order valence-corrected chi connectivity index (χ3v) is 1.33. The quantitative estimate of drug-likeness (QED) is 0.321. The van der Waals surface area contributed by atoms with E-state index in [-0.39, 0.29) is 0 Å². The molecule has 1 rings (SSSR count). The molecule has 1 aliphatic heterocycles. The molecule has 1 heterocycles. The van der Waals surface area contributed by atoms with Crippen molar-refractivity contribution in [3.8, 4) is 0 Å². The lowest BCUT2D eigenvalue weighted by molar-refractivity contribution is -0.540. The van der Waals surface area contributed by atoms with Crippen LogP contribution in [0, 0.1) is 10.1 Å². The topological polar surface area (TPSA) is 61.6 Å². The van der Waals surface area contributed by atoms with Crippen molar-refractivity contribution in [3.05, 3.63) is 10.1 Å². The SMILES string of the molecule is CC1(OC[N+](=O)[O-])COC1. The Morgan fingerprint density at radius 3 is 2.70 bits per heavy atom. The van der Waals surface area contributed by atoms with Gasteiger partial charge in [-0.25, -0.2) is 0 Å². The second-order valence-corrected chi connectivity index (χ2v) is 2.55. The maximum absolute atomic E-state index is 9.83. The predicted octanol–water partition coefficient (Wildman–Crippen LogP) is 0.0261. The summed E-state index contributed by atoms with van der Waals surface area (Å²) >= 11 is 0. The minimum absolute atomic E-state index is 0.410. The Kier molecular flexibility index (Phi) is 1.87. The van der Waals surface area contributed by atoms with E-state index in [2.05, 4.69) is 0 Å². The van der Waals surface area contributed by atoms with E-state index in [1.807, 2.05) is 0 Å². The minimum atomic E-state index is -0.496. The molecule has 0 aromatic heterocycles. The first kappa shape index (κ1) is 7.43. The van der Waals surface area contributed by atoms with Crippen LogP contribution in [0.1, 0.15) is 6.92 Å². The molecule has 0 aromatic carbocycles. The molecule has 1 saturated heterocycles. The lowest BCUT2D eigenvalue weighted by Crippen LogP contribution is -2.49. The Bertz CT molecular complexity index is 143. The second-order valence-electron chi connectivity index (χ2n) is 2.55. The summed E-state index contributed by atoms with van der Waals surface area (Å²) in [5, 5.41) is 9.83. The van der Waals surface area contributed by atoms with Gasteiger partial charge in [-0.15, -0.1) is 0 Å². The van der Waals surface area contributed by atoms with Crippen molar-refractivity contribution < 1.29 is 14.4 Å². The first-order chi connectivity index (χ1) is 4.62. The molecule has 0 amide bonds. The van der Waals surface area contributed by atoms with Crippen LogP contribution in [0.2, 0.25) is 0 Å². The third-order valence-electron chi connectivity index (χ3n) is 1.33. The lowest BCUT2D eigenvalue weighted by Gasteiger charge is -2.35. The first-order valence-electron chi connectivity index (χ1n) is 2.96. The minimum Gasteiger partial charge on any atom is -0.375 e. The van der Waals surface area contributed by atoms with Crippen LogP contribution in [-0.2, 0) is 9.47 Å². The van der Waals surface area contributed by atoms with E-state index in [1.54, 1.807) is 6.92 Å². The summed E-state index contributed by atoms with van der Waals surface area (Å²) in [7, 11) is 0. The van der Waals surface area contributed by atoms with Gasteiger partial charge < -0.3 is 9.47 Å². The largest absolute Gasteiger partial charge is 0.375 e. The van der Waals surface area contributed by atoms with Gasteiger partial charge in [-0.1, -0.05) is 0 Å². The molecule has 0 aliphatic carbocycles. The lowest BCUT2D eigenvalue weighted by atomic mass is 10.1. The average molecular weight is 147 g/mol. The summed E-state index contributed by atoms with van der Waals surface area (Å²) in [5.74, 6) is 0. The van der Waals surface area contributed by atoms with Crippen molar-refractivity contribution in [2.75, 3.05) is 19.9 Å². The fourth-order valence-corrected chi connectivity index (χ4v) is 0.681. The van der Waals surface area contributed by atoms with Gasteiger partial charge in [0.1, 0.15) is 5.60 Å². The van der Waals surface area contributed by atoms with E-state index >= 15 is 0 Å². The molecular formula is C5H9NO4. The van der Waals surface area contributed by atoms with Crippen molar-refractivity contribution >= 4 is 0 Å². The van der Waals surface area contributed by atoms with Crippen molar-refractivity contribution in [1.29, 1.82) is 0 Å². The van der Waals surface area contributed by atoms with Crippen LogP contribution in [0.5, 0.6) is 0 Å². The molecule has 0 aromatic rings. The highest BCUT2D eigenvalue weighted by atomic mass is 16.7. The van der Waals surface area contributed by atoms with Crippen LogP contribution in [-0.4, -0.2) is 30.5 Å². The van der Waals surface area contributed by atoms with Gasteiger partial charge in [0, 0.05) is 4.92 Å². The average Bonchev–Trinajstić information content (AvgIpc) is 1.79. The van der Waals surface area contributed by atoms with E-state index in [4.69, 9.17) is 9.47 Å². The molecule has 0 spiro atoms. The highest BCUT2D eigenvalue weighted by molar-refractivity contribution is 4.81. The molecule has 0 N–H and O–H groups in total. The van der Waals surface area contributed by atoms with Gasteiger partial charge in [-0.3, -0.25) is 10.1 Å². The molecule has 0 radical (unpaired) electrons. The molecule has 5 nitrogen and oxygen atoms in total. The molecular weight excluding hydrogens is 138 g/mol. The Balaban J connectivity index is 2.18. The zero-order chi connectivity index (χ0) is 7.61. The highest BCUT2D eigenvalue weighted by Crippen LogP contribution is 2.19. The monoisotopic (exact) mass is 147 g/mol. The number of hydrogen-bond donors (Lipinski definition) is 0. The summed E-state index contributed by atoms with van der Waals surface area (Å²) in [6.45, 7) is 2.28. The molecule has 5 heteroatoms. The van der Waals surface area contributed by atoms with Crippen LogP contribution in [0.4, 0.5) is 0 Å². The zero-order valence-corrected chi connectivity index (χ0v) is 5.70. The van der Waals surface area contributed by atoms with E-state index < -0.39 is 17.3 Å². The third kappa shape index (κ3) is 1.65.